The van der Waals surface area contributed by atoms with Gasteiger partial charge in [-0.2, -0.15) is 10.5 Å². The highest BCUT2D eigenvalue weighted by Crippen LogP contribution is 2.43. The molecule has 226 valence electrons. The van der Waals surface area contributed by atoms with Crippen molar-refractivity contribution in [2.45, 2.75) is 24.8 Å². The number of hydrogen-bond donors (Lipinski definition) is 0. The van der Waals surface area contributed by atoms with Crippen LogP contribution in [0.5, 0.6) is 0 Å². The molecule has 0 saturated carbocycles. The maximum absolute atomic E-state index is 10.7. The fourth-order valence-electron chi connectivity index (χ4n) is 8.05. The first-order chi connectivity index (χ1) is 23.8. The molecule has 0 spiro atoms. The van der Waals surface area contributed by atoms with Gasteiger partial charge in [0, 0.05) is 44.5 Å². The second-order valence-corrected chi connectivity index (χ2v) is 12.6. The van der Waals surface area contributed by atoms with Gasteiger partial charge < -0.3 is 9.13 Å². The molecular formula is C44H30N4. The molecule has 4 nitrogen and oxygen atoms in total. The van der Waals surface area contributed by atoms with E-state index in [1.165, 1.54) is 27.4 Å². The quantitative estimate of drug-likeness (QED) is 0.198. The first-order valence-electron chi connectivity index (χ1n) is 16.5. The van der Waals surface area contributed by atoms with E-state index in [2.05, 4.69) is 155 Å². The second kappa shape index (κ2) is 11.2. The van der Waals surface area contributed by atoms with Crippen LogP contribution >= 0.6 is 0 Å². The smallest absolute Gasteiger partial charge is 0.101 e. The van der Waals surface area contributed by atoms with Crippen molar-refractivity contribution in [3.05, 3.63) is 168 Å². The van der Waals surface area contributed by atoms with Gasteiger partial charge in [-0.25, -0.2) is 0 Å². The number of rotatable bonds is 4. The normalized spacial score (nSPS) is 16.7. The zero-order valence-electron chi connectivity index (χ0n) is 26.2. The van der Waals surface area contributed by atoms with Crippen molar-refractivity contribution in [1.29, 1.82) is 10.5 Å². The summed E-state index contributed by atoms with van der Waals surface area (Å²) in [6.45, 7) is 0. The monoisotopic (exact) mass is 614 g/mol. The van der Waals surface area contributed by atoms with E-state index in [0.717, 1.165) is 51.8 Å². The average molecular weight is 615 g/mol. The molecule has 7 aromatic rings. The first kappa shape index (κ1) is 27.9. The maximum atomic E-state index is 10.7. The zero-order chi connectivity index (χ0) is 32.2. The van der Waals surface area contributed by atoms with Crippen LogP contribution in [0.2, 0.25) is 0 Å². The minimum absolute atomic E-state index is 0.000101. The Labute approximate surface area is 279 Å². The predicted octanol–water partition coefficient (Wildman–Crippen LogP) is 10.6. The summed E-state index contributed by atoms with van der Waals surface area (Å²) in [6, 6.07) is 42.9. The summed E-state index contributed by atoms with van der Waals surface area (Å²) in [7, 11) is 0. The molecule has 2 aliphatic rings. The molecule has 9 rings (SSSR count). The summed E-state index contributed by atoms with van der Waals surface area (Å²) < 4.78 is 4.66. The van der Waals surface area contributed by atoms with E-state index in [-0.39, 0.29) is 12.0 Å². The molecule has 0 fully saturated rings. The fourth-order valence-corrected chi connectivity index (χ4v) is 8.05. The fraction of sp³-hybridized carbons (Fsp3) is 0.0909. The van der Waals surface area contributed by atoms with E-state index >= 15 is 0 Å². The van der Waals surface area contributed by atoms with Crippen LogP contribution in [-0.2, 0) is 6.42 Å². The molecule has 2 aliphatic carbocycles. The van der Waals surface area contributed by atoms with Gasteiger partial charge in [-0.1, -0.05) is 109 Å². The summed E-state index contributed by atoms with van der Waals surface area (Å²) in [5.41, 5.74) is 11.1. The van der Waals surface area contributed by atoms with Crippen LogP contribution in [0, 0.1) is 22.7 Å². The minimum Gasteiger partial charge on any atom is -0.332 e. The van der Waals surface area contributed by atoms with Gasteiger partial charge in [0.15, 0.2) is 0 Å². The lowest BCUT2D eigenvalue weighted by molar-refractivity contribution is 0.575. The summed E-state index contributed by atoms with van der Waals surface area (Å²) in [5.74, 6) is -0.0305. The van der Waals surface area contributed by atoms with Crippen LogP contribution in [0.15, 0.2) is 140 Å². The maximum Gasteiger partial charge on any atom is 0.101 e. The molecule has 48 heavy (non-hydrogen) atoms. The van der Waals surface area contributed by atoms with Crippen molar-refractivity contribution >= 4 is 38.8 Å². The molecule has 0 aliphatic heterocycles. The third-order valence-corrected chi connectivity index (χ3v) is 10.1. The van der Waals surface area contributed by atoms with Crippen LogP contribution in [0.1, 0.15) is 46.3 Å². The molecule has 0 amide bonds. The van der Waals surface area contributed by atoms with Gasteiger partial charge in [0.1, 0.15) is 12.1 Å². The van der Waals surface area contributed by atoms with Crippen LogP contribution in [-0.4, -0.2) is 9.13 Å². The molecule has 0 radical (unpaired) electrons. The molecule has 0 bridgehead atoms. The van der Waals surface area contributed by atoms with Crippen molar-refractivity contribution in [3.63, 3.8) is 0 Å². The third-order valence-electron chi connectivity index (χ3n) is 10.1. The van der Waals surface area contributed by atoms with Gasteiger partial charge in [-0.3, -0.25) is 0 Å². The summed E-state index contributed by atoms with van der Waals surface area (Å²) >= 11 is 0. The van der Waals surface area contributed by atoms with Crippen LogP contribution in [0.4, 0.5) is 0 Å². The van der Waals surface area contributed by atoms with E-state index in [1.807, 2.05) is 12.1 Å². The number of nitrogens with zero attached hydrogens (tertiary/aromatic N) is 4. The minimum atomic E-state index is -0.0305. The lowest BCUT2D eigenvalue weighted by Gasteiger charge is -2.29. The molecule has 2 unspecified atom stereocenters. The molecule has 4 heteroatoms. The lowest BCUT2D eigenvalue weighted by Crippen LogP contribution is -2.17. The van der Waals surface area contributed by atoms with Crippen LogP contribution < -0.4 is 0 Å². The third kappa shape index (κ3) is 4.13. The summed E-state index contributed by atoms with van der Waals surface area (Å²) in [5, 5.41) is 24.3. The Hall–Kier alpha value is -6.36. The van der Waals surface area contributed by atoms with Crippen molar-refractivity contribution in [2.24, 2.45) is 0 Å². The van der Waals surface area contributed by atoms with E-state index in [4.69, 9.17) is 0 Å². The van der Waals surface area contributed by atoms with Crippen LogP contribution in [0.25, 0.3) is 55.6 Å². The Kier molecular flexibility index (Phi) is 6.49. The molecular weight excluding hydrogens is 585 g/mol. The topological polar surface area (TPSA) is 57.4 Å². The molecule has 2 aromatic heterocycles. The second-order valence-electron chi connectivity index (χ2n) is 12.6. The number of hydrogen-bond acceptors (Lipinski definition) is 2. The first-order valence-corrected chi connectivity index (χ1v) is 16.5. The van der Waals surface area contributed by atoms with E-state index in [1.54, 1.807) is 0 Å². The molecule has 2 atom stereocenters. The van der Waals surface area contributed by atoms with E-state index < -0.39 is 0 Å². The molecule has 0 N–H and O–H groups in total. The molecule has 0 saturated heterocycles. The van der Waals surface area contributed by atoms with Gasteiger partial charge >= 0.3 is 0 Å². The predicted molar refractivity (Wildman–Crippen MR) is 195 cm³/mol. The van der Waals surface area contributed by atoms with Gasteiger partial charge in [-0.15, -0.1) is 0 Å². The Balaban J connectivity index is 1.16. The van der Waals surface area contributed by atoms with Crippen molar-refractivity contribution in [3.8, 4) is 29.0 Å². The number of benzene rings is 5. The van der Waals surface area contributed by atoms with Gasteiger partial charge in [0.05, 0.1) is 22.7 Å². The number of nitriles is 2. The lowest BCUT2D eigenvalue weighted by atomic mass is 9.83. The largest absolute Gasteiger partial charge is 0.332 e. The van der Waals surface area contributed by atoms with E-state index in [0.29, 0.717) is 11.1 Å². The number of allylic oxidation sites excluding steroid dienone is 5. The summed E-state index contributed by atoms with van der Waals surface area (Å²) in [4.78, 5) is 0. The van der Waals surface area contributed by atoms with Crippen molar-refractivity contribution in [1.82, 2.24) is 9.13 Å². The number of para-hydroxylation sites is 3. The zero-order valence-corrected chi connectivity index (χ0v) is 26.2. The Morgan fingerprint density at radius 2 is 1.38 bits per heavy atom. The average Bonchev–Trinajstić information content (AvgIpc) is 3.68. The van der Waals surface area contributed by atoms with E-state index in [9.17, 15) is 10.5 Å². The van der Waals surface area contributed by atoms with Gasteiger partial charge in [-0.05, 0) is 71.5 Å². The van der Waals surface area contributed by atoms with Gasteiger partial charge in [0.2, 0.25) is 0 Å². The SMILES string of the molecule is N#Cc1c(-c2ccc(-n3c4c(c5cccc(C#N)c53)CCC=C4)cc2)cccc1C1C=CC=CC1n1c2ccccc2c2ccccc21. The Morgan fingerprint density at radius 3 is 2.12 bits per heavy atom. The number of fused-ring (bicyclic) bond motifs is 6. The standard InChI is InChI=1S/C44H30N4/c45-27-30-11-9-18-38-37-15-4-5-19-40(37)47(44(30)38)31-25-23-29(24-26-31)32-16-10-17-33(39(32)28-46)34-12-1-6-20-41(34)48-42-21-7-2-13-35(42)36-14-3-8-22-43(36)48/h1-3,5-14,16-26,34,41H,4,15H2. The Morgan fingerprint density at radius 1 is 0.667 bits per heavy atom. The molecule has 5 aromatic carbocycles. The van der Waals surface area contributed by atoms with Crippen molar-refractivity contribution < 1.29 is 0 Å². The number of aromatic nitrogens is 2. The highest BCUT2D eigenvalue weighted by atomic mass is 15.0. The summed E-state index contributed by atoms with van der Waals surface area (Å²) in [6.07, 6.45) is 15.1. The highest BCUT2D eigenvalue weighted by Gasteiger charge is 2.28. The number of aryl methyl sites for hydroxylation is 1. The molecule has 2 heterocycles. The van der Waals surface area contributed by atoms with Gasteiger partial charge in [0.25, 0.3) is 0 Å². The highest BCUT2D eigenvalue weighted by molar-refractivity contribution is 6.08. The van der Waals surface area contributed by atoms with Crippen LogP contribution in [0.3, 0.4) is 0 Å². The Bertz CT molecular complexity index is 2540. The van der Waals surface area contributed by atoms with Crippen molar-refractivity contribution in [2.75, 3.05) is 0 Å².